The molecule has 0 fully saturated rings. The zero-order chi connectivity index (χ0) is 6.91. The van der Waals surface area contributed by atoms with Crippen molar-refractivity contribution in [1.29, 1.82) is 0 Å². The molecule has 9 heavy (non-hydrogen) atoms. The van der Waals surface area contributed by atoms with E-state index in [1.54, 1.807) is 0 Å². The van der Waals surface area contributed by atoms with Crippen LogP contribution in [0.5, 0.6) is 0 Å². The third-order valence-electron chi connectivity index (χ3n) is 1.48. The van der Waals surface area contributed by atoms with Crippen molar-refractivity contribution in [1.82, 2.24) is 4.90 Å². The van der Waals surface area contributed by atoms with Crippen molar-refractivity contribution in [3.05, 3.63) is 0 Å². The Balaban J connectivity index is 2.58. The van der Waals surface area contributed by atoms with Crippen molar-refractivity contribution in [3.8, 4) is 0 Å². The molecule has 0 aliphatic carbocycles. The third-order valence-corrected chi connectivity index (χ3v) is 1.48. The zero-order valence-corrected chi connectivity index (χ0v) is 6.39. The number of rotatable bonds is 0. The predicted octanol–water partition coefficient (Wildman–Crippen LogP) is 0.986. The summed E-state index contributed by atoms with van der Waals surface area (Å²) in [7, 11) is 2.06. The van der Waals surface area contributed by atoms with Gasteiger partial charge in [-0.05, 0) is 0 Å². The lowest BCUT2D eigenvalue weighted by molar-refractivity contribution is 0.273. The molecule has 0 N–H and O–H groups in total. The van der Waals surface area contributed by atoms with Crippen LogP contribution in [-0.4, -0.2) is 31.4 Å². The minimum absolute atomic E-state index is 0.378. The fourth-order valence-corrected chi connectivity index (χ4v) is 1.19. The highest BCUT2D eigenvalue weighted by atomic mass is 15.2. The second kappa shape index (κ2) is 2.01. The molecular formula is C7H14N2. The van der Waals surface area contributed by atoms with Crippen LogP contribution in [-0.2, 0) is 0 Å². The maximum absolute atomic E-state index is 4.21. The van der Waals surface area contributed by atoms with Crippen LogP contribution in [0.1, 0.15) is 13.8 Å². The van der Waals surface area contributed by atoms with E-state index in [0.717, 1.165) is 13.1 Å². The quantitative estimate of drug-likeness (QED) is 0.472. The minimum Gasteiger partial charge on any atom is -0.365 e. The Morgan fingerprint density at radius 3 is 2.56 bits per heavy atom. The standard InChI is InChI=1S/C7H14N2/c1-7(2)4-8-6-9(3)5-7/h6H,4-5H2,1-3H3. The van der Waals surface area contributed by atoms with Gasteiger partial charge in [0, 0.05) is 25.6 Å². The first-order chi connectivity index (χ1) is 4.10. The summed E-state index contributed by atoms with van der Waals surface area (Å²) in [6.07, 6.45) is 1.91. The highest BCUT2D eigenvalue weighted by molar-refractivity contribution is 5.55. The fraction of sp³-hybridized carbons (Fsp3) is 0.857. The van der Waals surface area contributed by atoms with Gasteiger partial charge in [-0.25, -0.2) is 0 Å². The predicted molar refractivity (Wildman–Crippen MR) is 39.8 cm³/mol. The first-order valence-electron chi connectivity index (χ1n) is 3.30. The van der Waals surface area contributed by atoms with Crippen LogP contribution in [0.15, 0.2) is 4.99 Å². The summed E-state index contributed by atoms with van der Waals surface area (Å²) in [5.74, 6) is 0. The van der Waals surface area contributed by atoms with Crippen LogP contribution >= 0.6 is 0 Å². The van der Waals surface area contributed by atoms with Gasteiger partial charge < -0.3 is 4.90 Å². The normalized spacial score (nSPS) is 24.6. The van der Waals surface area contributed by atoms with Crippen LogP contribution in [0.2, 0.25) is 0 Å². The molecule has 0 saturated heterocycles. The van der Waals surface area contributed by atoms with Crippen molar-refractivity contribution < 1.29 is 0 Å². The van der Waals surface area contributed by atoms with E-state index >= 15 is 0 Å². The molecule has 0 radical (unpaired) electrons. The average molecular weight is 126 g/mol. The molecule has 1 rings (SSSR count). The summed E-state index contributed by atoms with van der Waals surface area (Å²) >= 11 is 0. The Morgan fingerprint density at radius 1 is 1.56 bits per heavy atom. The van der Waals surface area contributed by atoms with Gasteiger partial charge >= 0.3 is 0 Å². The number of nitrogens with zero attached hydrogens (tertiary/aromatic N) is 2. The van der Waals surface area contributed by atoms with Gasteiger partial charge in [0.25, 0.3) is 0 Å². The topological polar surface area (TPSA) is 15.6 Å². The summed E-state index contributed by atoms with van der Waals surface area (Å²) in [6.45, 7) is 6.56. The Bertz CT molecular complexity index is 127. The van der Waals surface area contributed by atoms with Gasteiger partial charge in [-0.2, -0.15) is 0 Å². The first kappa shape index (κ1) is 6.59. The van der Waals surface area contributed by atoms with Crippen LogP contribution in [0, 0.1) is 5.41 Å². The van der Waals surface area contributed by atoms with E-state index < -0.39 is 0 Å². The van der Waals surface area contributed by atoms with E-state index in [0.29, 0.717) is 5.41 Å². The molecule has 0 atom stereocenters. The largest absolute Gasteiger partial charge is 0.365 e. The molecule has 1 aliphatic rings. The van der Waals surface area contributed by atoms with Crippen molar-refractivity contribution >= 4 is 6.34 Å². The van der Waals surface area contributed by atoms with Gasteiger partial charge in [-0.3, -0.25) is 4.99 Å². The van der Waals surface area contributed by atoms with E-state index in [4.69, 9.17) is 0 Å². The summed E-state index contributed by atoms with van der Waals surface area (Å²) in [5, 5.41) is 0. The van der Waals surface area contributed by atoms with Gasteiger partial charge in [0.15, 0.2) is 0 Å². The molecule has 2 heteroatoms. The Kier molecular flexibility index (Phi) is 1.47. The average Bonchev–Trinajstić information content (AvgIpc) is 1.60. The molecular weight excluding hydrogens is 112 g/mol. The van der Waals surface area contributed by atoms with Crippen molar-refractivity contribution in [3.63, 3.8) is 0 Å². The molecule has 52 valence electrons. The molecule has 0 spiro atoms. The van der Waals surface area contributed by atoms with Crippen molar-refractivity contribution in [2.75, 3.05) is 20.1 Å². The molecule has 0 bridgehead atoms. The van der Waals surface area contributed by atoms with Gasteiger partial charge in [0.1, 0.15) is 0 Å². The third kappa shape index (κ3) is 1.70. The Hall–Kier alpha value is -0.530. The van der Waals surface area contributed by atoms with Crippen molar-refractivity contribution in [2.24, 2.45) is 10.4 Å². The summed E-state index contributed by atoms with van der Waals surface area (Å²) < 4.78 is 0. The second-order valence-electron chi connectivity index (χ2n) is 3.54. The molecule has 0 aromatic carbocycles. The van der Waals surface area contributed by atoms with Gasteiger partial charge in [-0.15, -0.1) is 0 Å². The molecule has 2 nitrogen and oxygen atoms in total. The maximum Gasteiger partial charge on any atom is 0.0847 e. The van der Waals surface area contributed by atoms with E-state index in [1.165, 1.54) is 0 Å². The van der Waals surface area contributed by atoms with Gasteiger partial charge in [0.05, 0.1) is 6.34 Å². The van der Waals surface area contributed by atoms with E-state index in [-0.39, 0.29) is 0 Å². The summed E-state index contributed by atoms with van der Waals surface area (Å²) in [6, 6.07) is 0. The number of hydrogen-bond acceptors (Lipinski definition) is 2. The molecule has 0 saturated carbocycles. The molecule has 0 aromatic heterocycles. The highest BCUT2D eigenvalue weighted by Gasteiger charge is 2.21. The lowest BCUT2D eigenvalue weighted by atomic mass is 9.92. The molecule has 0 aromatic rings. The molecule has 0 unspecified atom stereocenters. The minimum atomic E-state index is 0.378. The van der Waals surface area contributed by atoms with Crippen LogP contribution in [0.25, 0.3) is 0 Å². The fourth-order valence-electron chi connectivity index (χ4n) is 1.19. The lowest BCUT2D eigenvalue weighted by Gasteiger charge is -2.31. The second-order valence-corrected chi connectivity index (χ2v) is 3.54. The molecule has 0 amide bonds. The SMILES string of the molecule is CN1C=NCC(C)(C)C1. The molecule has 1 aliphatic heterocycles. The first-order valence-corrected chi connectivity index (χ1v) is 3.30. The zero-order valence-electron chi connectivity index (χ0n) is 6.39. The number of aliphatic imine (C=N–C) groups is 1. The smallest absolute Gasteiger partial charge is 0.0847 e. The van der Waals surface area contributed by atoms with Crippen LogP contribution < -0.4 is 0 Å². The lowest BCUT2D eigenvalue weighted by Crippen LogP contribution is -2.36. The van der Waals surface area contributed by atoms with Gasteiger partial charge in [0.2, 0.25) is 0 Å². The number of hydrogen-bond donors (Lipinski definition) is 0. The monoisotopic (exact) mass is 126 g/mol. The maximum atomic E-state index is 4.21. The Morgan fingerprint density at radius 2 is 2.22 bits per heavy atom. The van der Waals surface area contributed by atoms with Crippen LogP contribution in [0.4, 0.5) is 0 Å². The van der Waals surface area contributed by atoms with Crippen molar-refractivity contribution in [2.45, 2.75) is 13.8 Å². The van der Waals surface area contributed by atoms with Gasteiger partial charge in [-0.1, -0.05) is 13.8 Å². The Labute approximate surface area is 56.6 Å². The summed E-state index contributed by atoms with van der Waals surface area (Å²) in [4.78, 5) is 6.34. The van der Waals surface area contributed by atoms with E-state index in [1.807, 2.05) is 6.34 Å². The molecule has 1 heterocycles. The van der Waals surface area contributed by atoms with E-state index in [2.05, 4.69) is 30.8 Å². The highest BCUT2D eigenvalue weighted by Crippen LogP contribution is 2.18. The summed E-state index contributed by atoms with van der Waals surface area (Å²) in [5.41, 5.74) is 0.378. The van der Waals surface area contributed by atoms with Crippen LogP contribution in [0.3, 0.4) is 0 Å². The van der Waals surface area contributed by atoms with E-state index in [9.17, 15) is 0 Å².